The van der Waals surface area contributed by atoms with Gasteiger partial charge in [-0.15, -0.1) is 0 Å². The van der Waals surface area contributed by atoms with Crippen LogP contribution in [0, 0.1) is 17.6 Å². The summed E-state index contributed by atoms with van der Waals surface area (Å²) in [6.45, 7) is 7.12. The van der Waals surface area contributed by atoms with Crippen molar-refractivity contribution in [1.29, 1.82) is 0 Å². The maximum atomic E-state index is 13.5. The summed E-state index contributed by atoms with van der Waals surface area (Å²) in [5.74, 6) is -1.72. The predicted molar refractivity (Wildman–Crippen MR) is 95.8 cm³/mol. The number of carbonyl (C=O) groups is 2. The molecule has 0 aliphatic carbocycles. The Hall–Kier alpha value is -2.02. The summed E-state index contributed by atoms with van der Waals surface area (Å²) in [4.78, 5) is 26.1. The maximum Gasteiger partial charge on any atom is 0.254 e. The molecule has 1 heterocycles. The number of nitrogens with one attached hydrogen (secondary N) is 2. The van der Waals surface area contributed by atoms with E-state index in [1.165, 1.54) is 12.8 Å². The molecule has 1 aliphatic heterocycles. The zero-order valence-corrected chi connectivity index (χ0v) is 15.4. The molecule has 1 aromatic carbocycles. The van der Waals surface area contributed by atoms with Crippen molar-refractivity contribution in [2.45, 2.75) is 39.2 Å². The van der Waals surface area contributed by atoms with E-state index in [1.54, 1.807) is 0 Å². The quantitative estimate of drug-likeness (QED) is 0.778. The minimum Gasteiger partial charge on any atom is -0.354 e. The van der Waals surface area contributed by atoms with E-state index in [0.717, 1.165) is 31.1 Å². The number of rotatable bonds is 7. The van der Waals surface area contributed by atoms with Crippen molar-refractivity contribution in [3.8, 4) is 0 Å². The van der Waals surface area contributed by atoms with Gasteiger partial charge in [0.05, 0.1) is 5.56 Å². The third-order valence-corrected chi connectivity index (χ3v) is 4.85. The summed E-state index contributed by atoms with van der Waals surface area (Å²) in [7, 11) is 0. The number of likely N-dealkylation sites (tertiary alicyclic amines) is 1. The monoisotopic (exact) mass is 367 g/mol. The first-order valence-electron chi connectivity index (χ1n) is 9.11. The molecule has 0 bridgehead atoms. The van der Waals surface area contributed by atoms with E-state index in [0.29, 0.717) is 12.6 Å². The van der Waals surface area contributed by atoms with Gasteiger partial charge in [-0.25, -0.2) is 8.78 Å². The molecule has 0 spiro atoms. The van der Waals surface area contributed by atoms with Crippen molar-refractivity contribution in [1.82, 2.24) is 15.5 Å². The SMILES string of the molecule is CC1CCN(C(C)CNC(=O)CCNC(=O)c2ccc(F)cc2F)CC1. The van der Waals surface area contributed by atoms with Gasteiger partial charge in [-0.1, -0.05) is 6.92 Å². The Morgan fingerprint density at radius 3 is 2.58 bits per heavy atom. The molecule has 0 saturated carbocycles. The first-order chi connectivity index (χ1) is 12.4. The zero-order chi connectivity index (χ0) is 19.1. The molecule has 1 atom stereocenters. The van der Waals surface area contributed by atoms with Crippen LogP contribution >= 0.6 is 0 Å². The largest absolute Gasteiger partial charge is 0.354 e. The van der Waals surface area contributed by atoms with Gasteiger partial charge in [-0.05, 0) is 50.9 Å². The van der Waals surface area contributed by atoms with Gasteiger partial charge >= 0.3 is 0 Å². The fourth-order valence-electron chi connectivity index (χ4n) is 3.01. The van der Waals surface area contributed by atoms with Crippen LogP contribution in [0.5, 0.6) is 0 Å². The molecule has 0 aromatic heterocycles. The fraction of sp³-hybridized carbons (Fsp3) is 0.579. The highest BCUT2D eigenvalue weighted by molar-refractivity contribution is 5.94. The molecule has 1 aliphatic rings. The molecule has 2 N–H and O–H groups in total. The normalized spacial score (nSPS) is 16.9. The first kappa shape index (κ1) is 20.3. The molecule has 1 unspecified atom stereocenters. The van der Waals surface area contributed by atoms with E-state index in [-0.39, 0.29) is 30.5 Å². The Kier molecular flexibility index (Phi) is 7.50. The molecular formula is C19H27F2N3O2. The van der Waals surface area contributed by atoms with E-state index in [2.05, 4.69) is 29.4 Å². The summed E-state index contributed by atoms with van der Waals surface area (Å²) >= 11 is 0. The molecule has 1 fully saturated rings. The average molecular weight is 367 g/mol. The minimum atomic E-state index is -0.920. The van der Waals surface area contributed by atoms with Crippen molar-refractivity contribution >= 4 is 11.8 Å². The molecular weight excluding hydrogens is 340 g/mol. The van der Waals surface area contributed by atoms with Crippen LogP contribution in [0.4, 0.5) is 8.78 Å². The fourth-order valence-corrected chi connectivity index (χ4v) is 3.01. The topological polar surface area (TPSA) is 61.4 Å². The number of amides is 2. The van der Waals surface area contributed by atoms with Crippen LogP contribution in [-0.4, -0.2) is 48.9 Å². The number of benzene rings is 1. The Morgan fingerprint density at radius 1 is 1.23 bits per heavy atom. The van der Waals surface area contributed by atoms with Crippen LogP contribution in [0.15, 0.2) is 18.2 Å². The third kappa shape index (κ3) is 6.05. The number of hydrogen-bond acceptors (Lipinski definition) is 3. The van der Waals surface area contributed by atoms with Crippen LogP contribution in [0.25, 0.3) is 0 Å². The zero-order valence-electron chi connectivity index (χ0n) is 15.4. The van der Waals surface area contributed by atoms with Crippen LogP contribution in [-0.2, 0) is 4.79 Å². The second-order valence-electron chi connectivity index (χ2n) is 7.00. The van der Waals surface area contributed by atoms with Crippen molar-refractivity contribution in [3.63, 3.8) is 0 Å². The van der Waals surface area contributed by atoms with Crippen LogP contribution in [0.3, 0.4) is 0 Å². The highest BCUT2D eigenvalue weighted by Crippen LogP contribution is 2.17. The smallest absolute Gasteiger partial charge is 0.254 e. The van der Waals surface area contributed by atoms with Crippen LogP contribution < -0.4 is 10.6 Å². The lowest BCUT2D eigenvalue weighted by Gasteiger charge is -2.35. The van der Waals surface area contributed by atoms with Gasteiger partial charge in [-0.2, -0.15) is 0 Å². The number of piperidine rings is 1. The Balaban J connectivity index is 1.66. The summed E-state index contributed by atoms with van der Waals surface area (Å²) in [6, 6.07) is 3.04. The number of carbonyl (C=O) groups excluding carboxylic acids is 2. The van der Waals surface area contributed by atoms with E-state index >= 15 is 0 Å². The number of hydrogen-bond donors (Lipinski definition) is 2. The lowest BCUT2D eigenvalue weighted by atomic mass is 9.98. The van der Waals surface area contributed by atoms with Gasteiger partial charge in [0.25, 0.3) is 5.91 Å². The average Bonchev–Trinajstić information content (AvgIpc) is 2.60. The number of nitrogens with zero attached hydrogens (tertiary/aromatic N) is 1. The third-order valence-electron chi connectivity index (χ3n) is 4.85. The van der Waals surface area contributed by atoms with Gasteiger partial charge in [0.1, 0.15) is 11.6 Å². The predicted octanol–water partition coefficient (Wildman–Crippen LogP) is 2.32. The highest BCUT2D eigenvalue weighted by Gasteiger charge is 2.20. The van der Waals surface area contributed by atoms with E-state index in [1.807, 2.05) is 0 Å². The molecule has 2 amide bonds. The van der Waals surface area contributed by atoms with E-state index in [9.17, 15) is 18.4 Å². The van der Waals surface area contributed by atoms with E-state index < -0.39 is 17.5 Å². The molecule has 2 rings (SSSR count). The Bertz CT molecular complexity index is 631. The van der Waals surface area contributed by atoms with Gasteiger partial charge in [-0.3, -0.25) is 14.5 Å². The molecule has 1 saturated heterocycles. The van der Waals surface area contributed by atoms with Crippen molar-refractivity contribution in [2.24, 2.45) is 5.92 Å². The maximum absolute atomic E-state index is 13.5. The highest BCUT2D eigenvalue weighted by atomic mass is 19.1. The van der Waals surface area contributed by atoms with Crippen molar-refractivity contribution in [2.75, 3.05) is 26.2 Å². The molecule has 5 nitrogen and oxygen atoms in total. The van der Waals surface area contributed by atoms with Gasteiger partial charge in [0, 0.05) is 31.6 Å². The van der Waals surface area contributed by atoms with Gasteiger partial charge < -0.3 is 10.6 Å². The molecule has 1 aromatic rings. The lowest BCUT2D eigenvalue weighted by molar-refractivity contribution is -0.121. The minimum absolute atomic E-state index is 0.0943. The lowest BCUT2D eigenvalue weighted by Crippen LogP contribution is -2.45. The van der Waals surface area contributed by atoms with Crippen molar-refractivity contribution in [3.05, 3.63) is 35.4 Å². The number of halogens is 2. The first-order valence-corrected chi connectivity index (χ1v) is 9.11. The summed E-state index contributed by atoms with van der Waals surface area (Å²) in [6.07, 6.45) is 2.48. The molecule has 26 heavy (non-hydrogen) atoms. The summed E-state index contributed by atoms with van der Waals surface area (Å²) < 4.78 is 26.4. The Morgan fingerprint density at radius 2 is 1.92 bits per heavy atom. The standard InChI is InChI=1S/C19H27F2N3O2/c1-13-6-9-24(10-7-13)14(2)12-23-18(25)5-8-22-19(26)16-4-3-15(20)11-17(16)21/h3-4,11,13-14H,5-10,12H2,1-2H3,(H,22,26)(H,23,25). The second kappa shape index (κ2) is 9.62. The molecule has 144 valence electrons. The molecule has 0 radical (unpaired) electrons. The van der Waals surface area contributed by atoms with Gasteiger partial charge in [0.2, 0.25) is 5.91 Å². The molecule has 7 heteroatoms. The Labute approximate surface area is 153 Å². The van der Waals surface area contributed by atoms with Gasteiger partial charge in [0.15, 0.2) is 0 Å². The van der Waals surface area contributed by atoms with Crippen LogP contribution in [0.2, 0.25) is 0 Å². The second-order valence-corrected chi connectivity index (χ2v) is 7.00. The summed E-state index contributed by atoms with van der Waals surface area (Å²) in [5.41, 5.74) is -0.236. The van der Waals surface area contributed by atoms with Crippen LogP contribution in [0.1, 0.15) is 43.5 Å². The summed E-state index contributed by atoms with van der Waals surface area (Å²) in [5, 5.41) is 5.34. The van der Waals surface area contributed by atoms with E-state index in [4.69, 9.17) is 0 Å². The van der Waals surface area contributed by atoms with Crippen molar-refractivity contribution < 1.29 is 18.4 Å².